The summed E-state index contributed by atoms with van der Waals surface area (Å²) >= 11 is 7.56. The first kappa shape index (κ1) is 24.8. The number of hydrogen-bond acceptors (Lipinski definition) is 8. The van der Waals surface area contributed by atoms with Gasteiger partial charge >= 0.3 is 5.97 Å². The van der Waals surface area contributed by atoms with Crippen molar-refractivity contribution in [2.45, 2.75) is 25.8 Å². The summed E-state index contributed by atoms with van der Waals surface area (Å²) in [7, 11) is 1.36. The highest BCUT2D eigenvalue weighted by molar-refractivity contribution is 8.16. The summed E-state index contributed by atoms with van der Waals surface area (Å²) in [6.45, 7) is 6.79. The van der Waals surface area contributed by atoms with Crippen LogP contribution in [0.3, 0.4) is 0 Å². The van der Waals surface area contributed by atoms with E-state index >= 15 is 0 Å². The zero-order chi connectivity index (χ0) is 24.1. The Labute approximate surface area is 209 Å². The fraction of sp³-hybridized carbons (Fsp3) is 0.458. The highest BCUT2D eigenvalue weighted by Crippen LogP contribution is 2.44. The summed E-state index contributed by atoms with van der Waals surface area (Å²) in [5, 5.41) is 6.30. The van der Waals surface area contributed by atoms with Crippen molar-refractivity contribution in [3.05, 3.63) is 57.2 Å². The van der Waals surface area contributed by atoms with Gasteiger partial charge in [-0.2, -0.15) is 0 Å². The van der Waals surface area contributed by atoms with E-state index in [1.165, 1.54) is 18.9 Å². The number of ether oxygens (including phenoxy) is 2. The van der Waals surface area contributed by atoms with E-state index in [-0.39, 0.29) is 12.3 Å². The predicted molar refractivity (Wildman–Crippen MR) is 133 cm³/mol. The van der Waals surface area contributed by atoms with Crippen LogP contribution in [-0.4, -0.2) is 73.3 Å². The molecule has 182 valence electrons. The molecule has 1 atom stereocenters. The molecular weight excluding hydrogens is 476 g/mol. The zero-order valence-electron chi connectivity index (χ0n) is 19.4. The van der Waals surface area contributed by atoms with Crippen LogP contribution in [-0.2, 0) is 19.1 Å². The Kier molecular flexibility index (Phi) is 8.31. The highest BCUT2D eigenvalue weighted by atomic mass is 35.5. The van der Waals surface area contributed by atoms with E-state index in [0.717, 1.165) is 55.7 Å². The van der Waals surface area contributed by atoms with Gasteiger partial charge in [-0.15, -0.1) is 0 Å². The summed E-state index contributed by atoms with van der Waals surface area (Å²) in [4.78, 5) is 34.4. The van der Waals surface area contributed by atoms with Gasteiger partial charge in [0.15, 0.2) is 5.17 Å². The first-order chi connectivity index (χ1) is 16.5. The molecule has 1 aromatic carbocycles. The van der Waals surface area contributed by atoms with E-state index in [1.54, 1.807) is 19.1 Å². The number of morpholine rings is 1. The molecule has 0 aliphatic carbocycles. The molecule has 1 fully saturated rings. The maximum atomic E-state index is 12.8. The molecule has 3 aliphatic rings. The number of rotatable bonds is 8. The number of carbonyl (C=O) groups is 2. The van der Waals surface area contributed by atoms with Crippen LogP contribution in [0.1, 0.15) is 31.4 Å². The monoisotopic (exact) mass is 504 g/mol. The standard InChI is InChI=1S/C24H29ClN4O4S/c1-16-21(23(31)32-2)22(17-4-6-18(25)7-5-17)29-19(15-34-24(29)27-16)14-20(30)26-8-3-9-28-10-12-33-13-11-28/h4-7,15,22H,3,8-14H2,1-2H3,(H,26,30)/t22-/m0/s1. The molecule has 0 spiro atoms. The summed E-state index contributed by atoms with van der Waals surface area (Å²) in [5.74, 6) is -0.500. The number of amidine groups is 1. The Morgan fingerprint density at radius 1 is 1.26 bits per heavy atom. The third kappa shape index (κ3) is 5.66. The molecule has 1 aromatic rings. The number of hydrogen-bond donors (Lipinski definition) is 1. The molecule has 0 saturated carbocycles. The van der Waals surface area contributed by atoms with Gasteiger partial charge in [-0.3, -0.25) is 9.69 Å². The van der Waals surface area contributed by atoms with E-state index in [1.807, 2.05) is 22.4 Å². The fourth-order valence-electron chi connectivity index (χ4n) is 4.28. The average molecular weight is 505 g/mol. The van der Waals surface area contributed by atoms with Crippen LogP contribution >= 0.6 is 23.4 Å². The van der Waals surface area contributed by atoms with Crippen molar-refractivity contribution in [2.75, 3.05) is 46.5 Å². The number of benzene rings is 1. The molecule has 3 aliphatic heterocycles. The third-order valence-corrected chi connectivity index (χ3v) is 7.15. The first-order valence-electron chi connectivity index (χ1n) is 11.3. The smallest absolute Gasteiger partial charge is 0.338 e. The highest BCUT2D eigenvalue weighted by Gasteiger charge is 2.40. The van der Waals surface area contributed by atoms with Crippen LogP contribution in [0.4, 0.5) is 0 Å². The first-order valence-corrected chi connectivity index (χ1v) is 12.6. The molecule has 0 unspecified atom stereocenters. The summed E-state index contributed by atoms with van der Waals surface area (Å²) in [6, 6.07) is 6.91. The van der Waals surface area contributed by atoms with Crippen LogP contribution in [0.2, 0.25) is 5.02 Å². The lowest BCUT2D eigenvalue weighted by atomic mass is 9.94. The van der Waals surface area contributed by atoms with Crippen molar-refractivity contribution in [1.82, 2.24) is 15.1 Å². The molecule has 0 radical (unpaired) electrons. The van der Waals surface area contributed by atoms with Gasteiger partial charge in [-0.05, 0) is 43.0 Å². The number of nitrogens with zero attached hydrogens (tertiary/aromatic N) is 3. The minimum Gasteiger partial charge on any atom is -0.466 e. The Balaban J connectivity index is 1.45. The second-order valence-electron chi connectivity index (χ2n) is 8.27. The number of thioether (sulfide) groups is 1. The molecule has 4 rings (SSSR count). The van der Waals surface area contributed by atoms with Crippen molar-refractivity contribution >= 4 is 40.4 Å². The molecule has 1 N–H and O–H groups in total. The Morgan fingerprint density at radius 2 is 2.00 bits per heavy atom. The van der Waals surface area contributed by atoms with Crippen LogP contribution in [0.25, 0.3) is 0 Å². The van der Waals surface area contributed by atoms with Gasteiger partial charge < -0.3 is 19.7 Å². The van der Waals surface area contributed by atoms with Gasteiger partial charge in [0, 0.05) is 30.4 Å². The van der Waals surface area contributed by atoms with Crippen molar-refractivity contribution in [2.24, 2.45) is 4.99 Å². The molecule has 0 bridgehead atoms. The second-order valence-corrected chi connectivity index (χ2v) is 9.54. The minimum absolute atomic E-state index is 0.0594. The van der Waals surface area contributed by atoms with E-state index in [9.17, 15) is 9.59 Å². The number of methoxy groups -OCH3 is 1. The number of carbonyl (C=O) groups excluding carboxylic acids is 2. The van der Waals surface area contributed by atoms with Gasteiger partial charge in [0.2, 0.25) is 5.91 Å². The fourth-order valence-corrected chi connectivity index (χ4v) is 5.37. The lowest BCUT2D eigenvalue weighted by molar-refractivity contribution is -0.136. The quantitative estimate of drug-likeness (QED) is 0.429. The molecule has 0 aromatic heterocycles. The van der Waals surface area contributed by atoms with Crippen LogP contribution in [0.5, 0.6) is 0 Å². The number of nitrogens with one attached hydrogen (secondary N) is 1. The summed E-state index contributed by atoms with van der Waals surface area (Å²) in [5.41, 5.74) is 2.72. The second kappa shape index (κ2) is 11.4. The van der Waals surface area contributed by atoms with Crippen molar-refractivity contribution in [1.29, 1.82) is 0 Å². The number of aliphatic imine (C=N–C) groups is 1. The van der Waals surface area contributed by atoms with Crippen LogP contribution in [0, 0.1) is 0 Å². The average Bonchev–Trinajstić information content (AvgIpc) is 3.23. The van der Waals surface area contributed by atoms with Crippen molar-refractivity contribution in [3.63, 3.8) is 0 Å². The van der Waals surface area contributed by atoms with Gasteiger partial charge in [0.25, 0.3) is 0 Å². The lowest BCUT2D eigenvalue weighted by Gasteiger charge is -2.36. The number of esters is 1. The number of allylic oxidation sites excluding steroid dienone is 1. The largest absolute Gasteiger partial charge is 0.466 e. The molecule has 1 saturated heterocycles. The maximum Gasteiger partial charge on any atom is 0.338 e. The number of halogens is 1. The van der Waals surface area contributed by atoms with E-state index < -0.39 is 12.0 Å². The molecule has 1 amide bonds. The molecule has 10 heteroatoms. The number of amides is 1. The number of fused-ring (bicyclic) bond motifs is 1. The van der Waals surface area contributed by atoms with E-state index in [4.69, 9.17) is 21.1 Å². The zero-order valence-corrected chi connectivity index (χ0v) is 21.0. The van der Waals surface area contributed by atoms with Gasteiger partial charge in [-0.25, -0.2) is 9.79 Å². The van der Waals surface area contributed by atoms with Crippen molar-refractivity contribution < 1.29 is 19.1 Å². The normalized spacial score (nSPS) is 20.6. The Bertz CT molecular complexity index is 1020. The maximum absolute atomic E-state index is 12.8. The lowest BCUT2D eigenvalue weighted by Crippen LogP contribution is -2.39. The molecule has 8 nitrogen and oxygen atoms in total. The predicted octanol–water partition coefficient (Wildman–Crippen LogP) is 3.32. The summed E-state index contributed by atoms with van der Waals surface area (Å²) in [6.07, 6.45) is 1.08. The van der Waals surface area contributed by atoms with E-state index in [0.29, 0.717) is 22.8 Å². The topological polar surface area (TPSA) is 83.5 Å². The molecule has 3 heterocycles. The minimum atomic E-state index is -0.451. The SMILES string of the molecule is COC(=O)C1=C(C)N=C2SC=C(CC(=O)NCCCN3CCOCC3)N2[C@H]1c1ccc(Cl)cc1. The third-order valence-electron chi connectivity index (χ3n) is 6.01. The Morgan fingerprint density at radius 3 is 2.71 bits per heavy atom. The van der Waals surface area contributed by atoms with Crippen LogP contribution < -0.4 is 5.32 Å². The van der Waals surface area contributed by atoms with Gasteiger partial charge in [0.1, 0.15) is 0 Å². The van der Waals surface area contributed by atoms with E-state index in [2.05, 4.69) is 15.2 Å². The van der Waals surface area contributed by atoms with Gasteiger partial charge in [-0.1, -0.05) is 35.5 Å². The molecule has 34 heavy (non-hydrogen) atoms. The summed E-state index contributed by atoms with van der Waals surface area (Å²) < 4.78 is 10.5. The molecular formula is C24H29ClN4O4S. The Hall–Kier alpha value is -2.33. The van der Waals surface area contributed by atoms with Gasteiger partial charge in [0.05, 0.1) is 44.1 Å². The van der Waals surface area contributed by atoms with Crippen molar-refractivity contribution in [3.8, 4) is 0 Å². The van der Waals surface area contributed by atoms with Crippen LogP contribution in [0.15, 0.2) is 51.6 Å².